The van der Waals surface area contributed by atoms with Gasteiger partial charge in [-0.05, 0) is 30.9 Å². The van der Waals surface area contributed by atoms with Crippen molar-refractivity contribution in [3.05, 3.63) is 45.9 Å². The molecule has 0 spiro atoms. The van der Waals surface area contributed by atoms with Crippen LogP contribution in [0.4, 0.5) is 4.79 Å². The van der Waals surface area contributed by atoms with Crippen molar-refractivity contribution in [2.45, 2.75) is 50.7 Å². The zero-order valence-corrected chi connectivity index (χ0v) is 24.6. The Balaban J connectivity index is 1.28. The van der Waals surface area contributed by atoms with Crippen LogP contribution in [-0.4, -0.2) is 96.0 Å². The van der Waals surface area contributed by atoms with E-state index in [2.05, 4.69) is 16.4 Å². The van der Waals surface area contributed by atoms with Gasteiger partial charge in [0.1, 0.15) is 23.3 Å². The molecule has 1 aliphatic carbocycles. The fourth-order valence-corrected chi connectivity index (χ4v) is 7.49. The third-order valence-corrected chi connectivity index (χ3v) is 9.81. The van der Waals surface area contributed by atoms with Gasteiger partial charge < -0.3 is 29.5 Å². The molecule has 4 amide bonds. The van der Waals surface area contributed by atoms with Crippen LogP contribution in [0.2, 0.25) is 0 Å². The minimum atomic E-state index is -0.438. The molecule has 6 rings (SSSR count). The zero-order chi connectivity index (χ0) is 29.2. The number of hydrogen-bond donors (Lipinski definition) is 1. The van der Waals surface area contributed by atoms with Gasteiger partial charge in [0, 0.05) is 50.5 Å². The van der Waals surface area contributed by atoms with Crippen molar-refractivity contribution in [3.63, 3.8) is 0 Å². The van der Waals surface area contributed by atoms with E-state index in [9.17, 15) is 19.2 Å². The van der Waals surface area contributed by atoms with Gasteiger partial charge in [-0.1, -0.05) is 25.0 Å². The van der Waals surface area contributed by atoms with Gasteiger partial charge >= 0.3 is 6.09 Å². The van der Waals surface area contributed by atoms with Gasteiger partial charge in [-0.2, -0.15) is 0 Å². The second kappa shape index (κ2) is 12.3. The minimum Gasteiger partial charge on any atom is -0.488 e. The maximum atomic E-state index is 14.3. The van der Waals surface area contributed by atoms with Gasteiger partial charge in [-0.15, -0.1) is 11.3 Å². The number of carbonyl (C=O) groups excluding carboxylic acids is 4. The van der Waals surface area contributed by atoms with Crippen LogP contribution in [0.3, 0.4) is 0 Å². The Bertz CT molecular complexity index is 1340. The van der Waals surface area contributed by atoms with Gasteiger partial charge in [0.25, 0.3) is 5.91 Å². The summed E-state index contributed by atoms with van der Waals surface area (Å²) in [5.74, 6) is -0.258. The van der Waals surface area contributed by atoms with Crippen LogP contribution in [-0.2, 0) is 20.7 Å². The molecule has 224 valence electrons. The van der Waals surface area contributed by atoms with Crippen molar-refractivity contribution in [3.8, 4) is 5.75 Å². The summed E-state index contributed by atoms with van der Waals surface area (Å²) in [5, 5.41) is 2.75. The van der Waals surface area contributed by atoms with Crippen LogP contribution in [0.25, 0.3) is 0 Å². The number of nitrogens with zero attached hydrogens (tertiary/aromatic N) is 4. The molecule has 3 aliphatic heterocycles. The van der Waals surface area contributed by atoms with Crippen molar-refractivity contribution in [1.29, 1.82) is 0 Å². The summed E-state index contributed by atoms with van der Waals surface area (Å²) in [6, 6.07) is 5.50. The molecule has 2 aromatic rings. The van der Waals surface area contributed by atoms with Gasteiger partial charge in [0.05, 0.1) is 30.8 Å². The van der Waals surface area contributed by atoms with E-state index in [1.54, 1.807) is 28.6 Å². The van der Waals surface area contributed by atoms with Crippen LogP contribution in [0.5, 0.6) is 5.75 Å². The monoisotopic (exact) mass is 595 g/mol. The second-order valence-electron chi connectivity index (χ2n) is 11.4. The summed E-state index contributed by atoms with van der Waals surface area (Å²) in [6.45, 7) is 2.61. The van der Waals surface area contributed by atoms with Crippen molar-refractivity contribution in [1.82, 2.24) is 25.0 Å². The van der Waals surface area contributed by atoms with Crippen LogP contribution in [0.15, 0.2) is 29.9 Å². The minimum absolute atomic E-state index is 0.0384. The van der Waals surface area contributed by atoms with Crippen molar-refractivity contribution in [2.75, 3.05) is 46.4 Å². The van der Waals surface area contributed by atoms with E-state index in [-0.39, 0.29) is 42.4 Å². The Morgan fingerprint density at radius 3 is 2.69 bits per heavy atom. The molecule has 0 bridgehead atoms. The number of fused-ring (bicyclic) bond motifs is 1. The SMILES string of the molecule is CNC(=O)C1CCCCC1C(=O)N1CCc2cccc(O[C@H]3CCN(C(=O)c4cncs4)C3)c2[C@H]1CN1CCOC1=O. The largest absolute Gasteiger partial charge is 0.488 e. The third kappa shape index (κ3) is 5.56. The molecular formula is C30H37N5O6S. The Morgan fingerprint density at radius 1 is 1.12 bits per heavy atom. The standard InChI is InChI=1S/C30H37N5O6S/c1-31-27(36)21-6-2-3-7-22(21)28(37)35-12-9-19-5-4-8-24(26(19)23(35)17-34-13-14-40-30(34)39)41-20-10-11-33(16-20)29(38)25-15-32-18-42-25/h4-5,8,15,18,20-23H,2-3,6-7,9-14,16-17H2,1H3,(H,31,36)/t20-,21?,22?,23+/m0/s1. The number of thiazole rings is 1. The number of hydrogen-bond acceptors (Lipinski definition) is 8. The Labute approximate surface area is 249 Å². The molecule has 1 N–H and O–H groups in total. The summed E-state index contributed by atoms with van der Waals surface area (Å²) in [6.07, 6.45) is 5.54. The number of amides is 4. The lowest BCUT2D eigenvalue weighted by molar-refractivity contribution is -0.146. The predicted octanol–water partition coefficient (Wildman–Crippen LogP) is 2.87. The highest BCUT2D eigenvalue weighted by atomic mass is 32.1. The highest BCUT2D eigenvalue weighted by Crippen LogP contribution is 2.41. The average molecular weight is 596 g/mol. The van der Waals surface area contributed by atoms with Gasteiger partial charge in [0.2, 0.25) is 11.8 Å². The molecule has 2 saturated heterocycles. The Morgan fingerprint density at radius 2 is 1.95 bits per heavy atom. The number of rotatable bonds is 7. The van der Waals surface area contributed by atoms with Gasteiger partial charge in [-0.3, -0.25) is 19.4 Å². The number of ether oxygens (including phenoxy) is 2. The van der Waals surface area contributed by atoms with E-state index in [1.165, 1.54) is 11.3 Å². The third-order valence-electron chi connectivity index (χ3n) is 9.04. The smallest absolute Gasteiger partial charge is 0.410 e. The lowest BCUT2D eigenvalue weighted by atomic mass is 9.77. The highest BCUT2D eigenvalue weighted by molar-refractivity contribution is 7.11. The molecule has 1 aromatic heterocycles. The van der Waals surface area contributed by atoms with Gasteiger partial charge in [0.15, 0.2) is 0 Å². The van der Waals surface area contributed by atoms with E-state index >= 15 is 0 Å². The summed E-state index contributed by atoms with van der Waals surface area (Å²) < 4.78 is 11.8. The van der Waals surface area contributed by atoms with Crippen LogP contribution < -0.4 is 10.1 Å². The van der Waals surface area contributed by atoms with Crippen LogP contribution in [0, 0.1) is 11.8 Å². The molecule has 1 aromatic carbocycles. The maximum absolute atomic E-state index is 14.3. The normalized spacial score (nSPS) is 25.6. The molecule has 4 heterocycles. The number of cyclic esters (lactones) is 1. The van der Waals surface area contributed by atoms with E-state index in [0.717, 1.165) is 24.0 Å². The Hall–Kier alpha value is -3.67. The Kier molecular flexibility index (Phi) is 8.32. The molecule has 0 radical (unpaired) electrons. The van der Waals surface area contributed by atoms with Crippen molar-refractivity contribution < 1.29 is 28.7 Å². The lowest BCUT2D eigenvalue weighted by Gasteiger charge is -2.42. The first-order valence-corrected chi connectivity index (χ1v) is 15.7. The van der Waals surface area contributed by atoms with E-state index in [0.29, 0.717) is 69.1 Å². The van der Waals surface area contributed by atoms with E-state index in [1.807, 2.05) is 17.0 Å². The quantitative estimate of drug-likeness (QED) is 0.523. The fourth-order valence-electron chi connectivity index (χ4n) is 6.90. The van der Waals surface area contributed by atoms with Crippen molar-refractivity contribution in [2.24, 2.45) is 11.8 Å². The molecule has 1 saturated carbocycles. The summed E-state index contributed by atoms with van der Waals surface area (Å²) in [7, 11) is 1.62. The van der Waals surface area contributed by atoms with E-state index in [4.69, 9.17) is 9.47 Å². The van der Waals surface area contributed by atoms with Crippen molar-refractivity contribution >= 4 is 35.2 Å². The van der Waals surface area contributed by atoms with Gasteiger partial charge in [-0.25, -0.2) is 4.79 Å². The lowest BCUT2D eigenvalue weighted by Crippen LogP contribution is -2.50. The zero-order valence-electron chi connectivity index (χ0n) is 23.8. The topological polar surface area (TPSA) is 121 Å². The molecule has 4 atom stereocenters. The first kappa shape index (κ1) is 28.4. The summed E-state index contributed by atoms with van der Waals surface area (Å²) in [5.41, 5.74) is 3.63. The van der Waals surface area contributed by atoms with Crippen LogP contribution >= 0.6 is 11.3 Å². The first-order valence-electron chi connectivity index (χ1n) is 14.8. The number of carbonyl (C=O) groups is 4. The van der Waals surface area contributed by atoms with Crippen LogP contribution in [0.1, 0.15) is 58.9 Å². The number of benzene rings is 1. The average Bonchev–Trinajstić information content (AvgIpc) is 3.80. The number of nitrogens with one attached hydrogen (secondary N) is 1. The molecule has 11 nitrogen and oxygen atoms in total. The first-order chi connectivity index (χ1) is 20.4. The number of likely N-dealkylation sites (tertiary alicyclic amines) is 1. The molecule has 2 unspecified atom stereocenters. The summed E-state index contributed by atoms with van der Waals surface area (Å²) >= 11 is 1.33. The predicted molar refractivity (Wildman–Crippen MR) is 154 cm³/mol. The fraction of sp³-hybridized carbons (Fsp3) is 0.567. The molecule has 42 heavy (non-hydrogen) atoms. The van der Waals surface area contributed by atoms with E-state index < -0.39 is 12.0 Å². The molecule has 4 aliphatic rings. The highest BCUT2D eigenvalue weighted by Gasteiger charge is 2.43. The maximum Gasteiger partial charge on any atom is 0.410 e. The molecule has 3 fully saturated rings. The summed E-state index contributed by atoms with van der Waals surface area (Å²) in [4.78, 5) is 62.4. The molecule has 12 heteroatoms. The number of aromatic nitrogens is 1. The molecular weight excluding hydrogens is 558 g/mol. The second-order valence-corrected chi connectivity index (χ2v) is 12.3.